The number of hydrogen-bond donors (Lipinski definition) is 3. The van der Waals surface area contributed by atoms with Crippen LogP contribution in [0.25, 0.3) is 0 Å². The van der Waals surface area contributed by atoms with Crippen LogP contribution in [-0.4, -0.2) is 37.1 Å². The largest absolute Gasteiger partial charge is 0.397 e. The standard InChI is InChI=1S/C19H18N4O5S/c20-13-5-1-2-6-14(13)22-29(27,28)16-7-3-4-11-12(16)10-23(19(11)26)15-8-9-17(24)21-18(15)25/h1-7,15,22H,8-10,20H2,(H,21,24,25). The summed E-state index contributed by atoms with van der Waals surface area (Å²) in [7, 11) is -4.02. The first-order valence-corrected chi connectivity index (χ1v) is 10.4. The molecule has 10 heteroatoms. The summed E-state index contributed by atoms with van der Waals surface area (Å²) in [4.78, 5) is 37.7. The van der Waals surface area contributed by atoms with Crippen LogP contribution in [0.1, 0.15) is 28.8 Å². The van der Waals surface area contributed by atoms with Gasteiger partial charge in [-0.1, -0.05) is 18.2 Å². The van der Waals surface area contributed by atoms with Gasteiger partial charge in [0, 0.05) is 24.1 Å². The fourth-order valence-corrected chi connectivity index (χ4v) is 4.94. The van der Waals surface area contributed by atoms with Crippen molar-refractivity contribution in [3.05, 3.63) is 53.6 Å². The zero-order valence-electron chi connectivity index (χ0n) is 15.2. The molecule has 29 heavy (non-hydrogen) atoms. The molecule has 2 aliphatic heterocycles. The Morgan fingerprint density at radius 3 is 2.55 bits per heavy atom. The SMILES string of the molecule is Nc1ccccc1NS(=O)(=O)c1cccc2c1CN(C1CCC(=O)NC1=O)C2=O. The zero-order chi connectivity index (χ0) is 20.8. The Morgan fingerprint density at radius 1 is 1.07 bits per heavy atom. The number of imide groups is 1. The fourth-order valence-electron chi connectivity index (χ4n) is 3.60. The lowest BCUT2D eigenvalue weighted by molar-refractivity contribution is -0.136. The fraction of sp³-hybridized carbons (Fsp3) is 0.211. The second-order valence-electron chi connectivity index (χ2n) is 6.87. The van der Waals surface area contributed by atoms with Crippen LogP contribution in [0.5, 0.6) is 0 Å². The topological polar surface area (TPSA) is 139 Å². The minimum Gasteiger partial charge on any atom is -0.397 e. The highest BCUT2D eigenvalue weighted by Crippen LogP contribution is 2.33. The minimum absolute atomic E-state index is 0.0399. The summed E-state index contributed by atoms with van der Waals surface area (Å²) in [5, 5.41) is 2.22. The van der Waals surface area contributed by atoms with Gasteiger partial charge in [-0.15, -0.1) is 0 Å². The molecule has 0 spiro atoms. The molecule has 3 amide bonds. The lowest BCUT2D eigenvalue weighted by Crippen LogP contribution is -2.52. The second-order valence-corrected chi connectivity index (χ2v) is 8.53. The molecule has 2 aromatic rings. The maximum Gasteiger partial charge on any atom is 0.262 e. The first kappa shape index (κ1) is 18.9. The first-order chi connectivity index (χ1) is 13.8. The normalized spacial score (nSPS) is 19.1. The molecule has 0 bridgehead atoms. The summed E-state index contributed by atoms with van der Waals surface area (Å²) < 4.78 is 28.4. The smallest absolute Gasteiger partial charge is 0.262 e. The van der Waals surface area contributed by atoms with E-state index in [-0.39, 0.29) is 47.1 Å². The van der Waals surface area contributed by atoms with Crippen molar-refractivity contribution in [3.8, 4) is 0 Å². The van der Waals surface area contributed by atoms with Gasteiger partial charge in [0.15, 0.2) is 0 Å². The molecule has 150 valence electrons. The molecule has 1 atom stereocenters. The number of nitrogens with zero attached hydrogens (tertiary/aromatic N) is 1. The van der Waals surface area contributed by atoms with E-state index in [4.69, 9.17) is 5.73 Å². The number of carbonyl (C=O) groups excluding carboxylic acids is 3. The van der Waals surface area contributed by atoms with Crippen molar-refractivity contribution in [2.45, 2.75) is 30.3 Å². The Kier molecular flexibility index (Phi) is 4.50. The number of carbonyl (C=O) groups is 3. The number of fused-ring (bicyclic) bond motifs is 1. The van der Waals surface area contributed by atoms with E-state index < -0.39 is 27.9 Å². The maximum absolute atomic E-state index is 13.0. The number of nitrogens with one attached hydrogen (secondary N) is 2. The van der Waals surface area contributed by atoms with Crippen LogP contribution in [0.2, 0.25) is 0 Å². The molecule has 4 rings (SSSR count). The number of hydrogen-bond acceptors (Lipinski definition) is 6. The molecule has 2 aliphatic rings. The van der Waals surface area contributed by atoms with Crippen LogP contribution in [0.4, 0.5) is 11.4 Å². The molecular weight excluding hydrogens is 396 g/mol. The van der Waals surface area contributed by atoms with Crippen LogP contribution in [-0.2, 0) is 26.2 Å². The molecule has 4 N–H and O–H groups in total. The van der Waals surface area contributed by atoms with Crippen LogP contribution >= 0.6 is 0 Å². The zero-order valence-corrected chi connectivity index (χ0v) is 16.0. The quantitative estimate of drug-likeness (QED) is 0.500. The Labute approximate surface area is 166 Å². The minimum atomic E-state index is -4.02. The average Bonchev–Trinajstić information content (AvgIpc) is 3.00. The van der Waals surface area contributed by atoms with Gasteiger partial charge in [-0.05, 0) is 30.7 Å². The van der Waals surface area contributed by atoms with Gasteiger partial charge in [0.25, 0.3) is 15.9 Å². The highest BCUT2D eigenvalue weighted by atomic mass is 32.2. The van der Waals surface area contributed by atoms with Gasteiger partial charge in [-0.3, -0.25) is 24.4 Å². The third-order valence-corrected chi connectivity index (χ3v) is 6.48. The number of amides is 3. The Morgan fingerprint density at radius 2 is 1.83 bits per heavy atom. The molecule has 1 unspecified atom stereocenters. The van der Waals surface area contributed by atoms with E-state index in [0.29, 0.717) is 5.56 Å². The van der Waals surface area contributed by atoms with Gasteiger partial charge >= 0.3 is 0 Å². The van der Waals surface area contributed by atoms with Crippen molar-refractivity contribution >= 4 is 39.1 Å². The molecule has 0 saturated carbocycles. The third kappa shape index (κ3) is 3.31. The number of nitrogens with two attached hydrogens (primary N) is 1. The van der Waals surface area contributed by atoms with Crippen LogP contribution < -0.4 is 15.8 Å². The molecular formula is C19H18N4O5S. The van der Waals surface area contributed by atoms with Gasteiger partial charge < -0.3 is 10.6 Å². The number of anilines is 2. The summed E-state index contributed by atoms with van der Waals surface area (Å²) in [6, 6.07) is 10.0. The van der Waals surface area contributed by atoms with Gasteiger partial charge in [0.2, 0.25) is 11.8 Å². The van der Waals surface area contributed by atoms with Crippen molar-refractivity contribution in [1.29, 1.82) is 0 Å². The summed E-state index contributed by atoms with van der Waals surface area (Å²) in [6.07, 6.45) is 0.321. The van der Waals surface area contributed by atoms with Crippen LogP contribution in [0, 0.1) is 0 Å². The van der Waals surface area contributed by atoms with Crippen molar-refractivity contribution in [2.75, 3.05) is 10.5 Å². The van der Waals surface area contributed by atoms with E-state index in [1.54, 1.807) is 18.2 Å². The van der Waals surface area contributed by atoms with Gasteiger partial charge in [-0.25, -0.2) is 8.42 Å². The highest BCUT2D eigenvalue weighted by molar-refractivity contribution is 7.92. The first-order valence-electron chi connectivity index (χ1n) is 8.92. The van der Waals surface area contributed by atoms with Gasteiger partial charge in [0.1, 0.15) is 6.04 Å². The molecule has 1 saturated heterocycles. The van der Waals surface area contributed by atoms with E-state index in [1.807, 2.05) is 0 Å². The third-order valence-electron chi connectivity index (χ3n) is 5.03. The van der Waals surface area contributed by atoms with E-state index >= 15 is 0 Å². The number of piperidine rings is 1. The van der Waals surface area contributed by atoms with Gasteiger partial charge in [-0.2, -0.15) is 0 Å². The highest BCUT2D eigenvalue weighted by Gasteiger charge is 2.41. The number of sulfonamides is 1. The van der Waals surface area contributed by atoms with Gasteiger partial charge in [0.05, 0.1) is 16.3 Å². The summed E-state index contributed by atoms with van der Waals surface area (Å²) in [6.45, 7) is -0.0399. The molecule has 0 aliphatic carbocycles. The Balaban J connectivity index is 1.67. The number of benzene rings is 2. The molecule has 2 aromatic carbocycles. The predicted molar refractivity (Wildman–Crippen MR) is 104 cm³/mol. The molecule has 9 nitrogen and oxygen atoms in total. The van der Waals surface area contributed by atoms with E-state index in [0.717, 1.165) is 0 Å². The Bertz CT molecular complexity index is 1150. The molecule has 0 radical (unpaired) electrons. The number of nitrogen functional groups attached to an aromatic ring is 1. The monoisotopic (exact) mass is 414 g/mol. The summed E-state index contributed by atoms with van der Waals surface area (Å²) in [5.74, 6) is -1.38. The molecule has 2 heterocycles. The maximum atomic E-state index is 13.0. The number of rotatable bonds is 4. The van der Waals surface area contributed by atoms with E-state index in [9.17, 15) is 22.8 Å². The summed E-state index contributed by atoms with van der Waals surface area (Å²) in [5.41, 5.74) is 6.86. The lowest BCUT2D eigenvalue weighted by Gasteiger charge is -2.29. The van der Waals surface area contributed by atoms with Crippen LogP contribution in [0.3, 0.4) is 0 Å². The predicted octanol–water partition coefficient (Wildman–Crippen LogP) is 0.831. The van der Waals surface area contributed by atoms with Crippen molar-refractivity contribution in [3.63, 3.8) is 0 Å². The number of para-hydroxylation sites is 2. The molecule has 0 aromatic heterocycles. The molecule has 1 fully saturated rings. The van der Waals surface area contributed by atoms with E-state index in [2.05, 4.69) is 10.0 Å². The van der Waals surface area contributed by atoms with Crippen LogP contribution in [0.15, 0.2) is 47.4 Å². The van der Waals surface area contributed by atoms with Crippen molar-refractivity contribution < 1.29 is 22.8 Å². The van der Waals surface area contributed by atoms with E-state index in [1.165, 1.54) is 29.2 Å². The van der Waals surface area contributed by atoms with Crippen molar-refractivity contribution in [2.24, 2.45) is 0 Å². The van der Waals surface area contributed by atoms with Crippen molar-refractivity contribution in [1.82, 2.24) is 10.2 Å². The average molecular weight is 414 g/mol. The second kappa shape index (κ2) is 6.89. The summed E-state index contributed by atoms with van der Waals surface area (Å²) >= 11 is 0. The Hall–Kier alpha value is -3.40. The lowest BCUT2D eigenvalue weighted by atomic mass is 10.0.